The monoisotopic (exact) mass is 176 g/mol. The molecule has 3 heteroatoms. The molecule has 0 atom stereocenters. The van der Waals surface area contributed by atoms with E-state index in [0.717, 1.165) is 0 Å². The van der Waals surface area contributed by atoms with Gasteiger partial charge in [-0.3, -0.25) is 4.79 Å². The molecule has 0 radical (unpaired) electrons. The van der Waals surface area contributed by atoms with Crippen molar-refractivity contribution in [3.8, 4) is 0 Å². The van der Waals surface area contributed by atoms with Crippen molar-refractivity contribution in [2.45, 2.75) is 13.8 Å². The van der Waals surface area contributed by atoms with E-state index < -0.39 is 0 Å². The summed E-state index contributed by atoms with van der Waals surface area (Å²) >= 11 is 5.26. The van der Waals surface area contributed by atoms with Gasteiger partial charge in [0.1, 0.15) is 0 Å². The fourth-order valence-electron chi connectivity index (χ4n) is 0.438. The van der Waals surface area contributed by atoms with Crippen LogP contribution in [0.15, 0.2) is 23.6 Å². The van der Waals surface area contributed by atoms with Crippen molar-refractivity contribution in [2.75, 3.05) is 5.88 Å². The van der Waals surface area contributed by atoms with Gasteiger partial charge in [-0.1, -0.05) is 6.08 Å². The minimum atomic E-state index is -0.327. The first kappa shape index (κ1) is 10.4. The van der Waals surface area contributed by atoms with Crippen LogP contribution in [-0.4, -0.2) is 11.7 Å². The summed E-state index contributed by atoms with van der Waals surface area (Å²) in [6, 6.07) is 0. The normalized spacial score (nSPS) is 13.5. The van der Waals surface area contributed by atoms with E-state index in [2.05, 4.69) is 0 Å². The number of halogens is 2. The lowest BCUT2D eigenvalue weighted by atomic mass is 10.2. The Labute approximate surface area is 70.5 Å². The molecule has 62 valence electrons. The van der Waals surface area contributed by atoms with E-state index in [4.69, 9.17) is 11.6 Å². The highest BCUT2D eigenvalue weighted by atomic mass is 35.5. The van der Waals surface area contributed by atoms with Gasteiger partial charge in [0, 0.05) is 0 Å². The standard InChI is InChI=1S/C8H10ClFO/c1-6(8(11)5-9)3-4-7(2)10/h3-4H,5H2,1-2H3. The highest BCUT2D eigenvalue weighted by Gasteiger charge is 1.99. The number of rotatable bonds is 3. The fraction of sp³-hybridized carbons (Fsp3) is 0.375. The number of carbonyl (C=O) groups excluding carboxylic acids is 1. The van der Waals surface area contributed by atoms with Gasteiger partial charge in [0.05, 0.1) is 11.7 Å². The first-order valence-electron chi connectivity index (χ1n) is 3.17. The first-order valence-corrected chi connectivity index (χ1v) is 3.71. The Kier molecular flexibility index (Phi) is 4.79. The predicted octanol–water partition coefficient (Wildman–Crippen LogP) is 2.61. The van der Waals surface area contributed by atoms with Crippen molar-refractivity contribution in [3.05, 3.63) is 23.6 Å². The van der Waals surface area contributed by atoms with Crippen LogP contribution in [0.4, 0.5) is 4.39 Å². The lowest BCUT2D eigenvalue weighted by Crippen LogP contribution is -1.99. The smallest absolute Gasteiger partial charge is 0.173 e. The van der Waals surface area contributed by atoms with Crippen molar-refractivity contribution in [3.63, 3.8) is 0 Å². The molecule has 0 saturated heterocycles. The topological polar surface area (TPSA) is 17.1 Å². The second-order valence-corrected chi connectivity index (χ2v) is 2.43. The first-order chi connectivity index (χ1) is 5.07. The van der Waals surface area contributed by atoms with E-state index in [9.17, 15) is 9.18 Å². The Morgan fingerprint density at radius 1 is 1.45 bits per heavy atom. The van der Waals surface area contributed by atoms with Crippen LogP contribution in [0.2, 0.25) is 0 Å². The quantitative estimate of drug-likeness (QED) is 0.367. The van der Waals surface area contributed by atoms with Gasteiger partial charge in [-0.05, 0) is 25.5 Å². The molecule has 0 bridgehead atoms. The third-order valence-corrected chi connectivity index (χ3v) is 1.37. The van der Waals surface area contributed by atoms with E-state index in [1.165, 1.54) is 19.1 Å². The number of carbonyl (C=O) groups is 1. The molecule has 0 spiro atoms. The Morgan fingerprint density at radius 3 is 2.36 bits per heavy atom. The zero-order valence-electron chi connectivity index (χ0n) is 6.53. The number of ketones is 1. The van der Waals surface area contributed by atoms with Gasteiger partial charge < -0.3 is 0 Å². The molecule has 0 aliphatic carbocycles. The van der Waals surface area contributed by atoms with Crippen LogP contribution in [0.5, 0.6) is 0 Å². The number of hydrogen-bond acceptors (Lipinski definition) is 1. The highest BCUT2D eigenvalue weighted by molar-refractivity contribution is 6.30. The van der Waals surface area contributed by atoms with Crippen LogP contribution >= 0.6 is 11.6 Å². The molecule has 0 N–H and O–H groups in total. The summed E-state index contributed by atoms with van der Waals surface area (Å²) in [6.07, 6.45) is 2.65. The van der Waals surface area contributed by atoms with Gasteiger partial charge in [-0.15, -0.1) is 11.6 Å². The van der Waals surface area contributed by atoms with Crippen LogP contribution in [0.3, 0.4) is 0 Å². The van der Waals surface area contributed by atoms with E-state index in [-0.39, 0.29) is 17.5 Å². The Balaban J connectivity index is 4.23. The summed E-state index contributed by atoms with van der Waals surface area (Å²) in [7, 11) is 0. The maximum atomic E-state index is 12.1. The maximum absolute atomic E-state index is 12.1. The number of hydrogen-bond donors (Lipinski definition) is 0. The zero-order chi connectivity index (χ0) is 8.85. The summed E-state index contributed by atoms with van der Waals surface area (Å²) in [5.41, 5.74) is 0.469. The molecule has 0 aromatic rings. The van der Waals surface area contributed by atoms with Crippen molar-refractivity contribution >= 4 is 17.4 Å². The zero-order valence-corrected chi connectivity index (χ0v) is 7.28. The minimum Gasteiger partial charge on any atom is -0.293 e. The lowest BCUT2D eigenvalue weighted by molar-refractivity contribution is -0.113. The summed E-state index contributed by atoms with van der Waals surface area (Å²) in [5, 5.41) is 0. The molecule has 0 rings (SSSR count). The maximum Gasteiger partial charge on any atom is 0.173 e. The third-order valence-electron chi connectivity index (χ3n) is 1.12. The minimum absolute atomic E-state index is 0.0541. The van der Waals surface area contributed by atoms with Crippen molar-refractivity contribution < 1.29 is 9.18 Å². The molecule has 1 nitrogen and oxygen atoms in total. The molecule has 0 saturated carbocycles. The van der Waals surface area contributed by atoms with E-state index in [1.54, 1.807) is 6.92 Å². The molecule has 0 amide bonds. The van der Waals surface area contributed by atoms with E-state index >= 15 is 0 Å². The second-order valence-electron chi connectivity index (χ2n) is 2.16. The molecule has 0 aromatic heterocycles. The average Bonchev–Trinajstić information content (AvgIpc) is 1.98. The van der Waals surface area contributed by atoms with E-state index in [1.807, 2.05) is 0 Å². The SMILES string of the molecule is CC(F)=CC=C(C)C(=O)CCl. The average molecular weight is 177 g/mol. The van der Waals surface area contributed by atoms with Crippen LogP contribution in [0.1, 0.15) is 13.8 Å². The Bertz CT molecular complexity index is 202. The summed E-state index contributed by atoms with van der Waals surface area (Å²) in [5.74, 6) is -0.558. The van der Waals surface area contributed by atoms with Gasteiger partial charge in [0.2, 0.25) is 0 Å². The molecule has 11 heavy (non-hydrogen) atoms. The van der Waals surface area contributed by atoms with Crippen LogP contribution in [0.25, 0.3) is 0 Å². The Morgan fingerprint density at radius 2 is 2.00 bits per heavy atom. The summed E-state index contributed by atoms with van der Waals surface area (Å²) in [6.45, 7) is 2.92. The molecule has 0 aliphatic heterocycles. The van der Waals surface area contributed by atoms with Gasteiger partial charge in [0.25, 0.3) is 0 Å². The predicted molar refractivity (Wildman–Crippen MR) is 44.3 cm³/mol. The van der Waals surface area contributed by atoms with E-state index in [0.29, 0.717) is 5.57 Å². The second kappa shape index (κ2) is 5.08. The van der Waals surface area contributed by atoms with Crippen LogP contribution in [-0.2, 0) is 4.79 Å². The molecule has 0 aliphatic rings. The summed E-state index contributed by atoms with van der Waals surface area (Å²) in [4.78, 5) is 10.8. The van der Waals surface area contributed by atoms with Crippen molar-refractivity contribution in [2.24, 2.45) is 0 Å². The largest absolute Gasteiger partial charge is 0.293 e. The third kappa shape index (κ3) is 4.73. The van der Waals surface area contributed by atoms with Crippen molar-refractivity contribution in [1.82, 2.24) is 0 Å². The summed E-state index contributed by atoms with van der Waals surface area (Å²) < 4.78 is 12.1. The molecular weight excluding hydrogens is 167 g/mol. The highest BCUT2D eigenvalue weighted by Crippen LogP contribution is 2.00. The molecule has 0 fully saturated rings. The molecule has 0 unspecified atom stereocenters. The molecular formula is C8H10ClFO. The van der Waals surface area contributed by atoms with Gasteiger partial charge in [-0.25, -0.2) is 4.39 Å². The van der Waals surface area contributed by atoms with Crippen LogP contribution in [0, 0.1) is 0 Å². The number of Topliss-reactive ketones (excluding diaryl/α,β-unsaturated/α-hetero) is 1. The number of allylic oxidation sites excluding steroid dienone is 4. The van der Waals surface area contributed by atoms with Gasteiger partial charge in [-0.2, -0.15) is 0 Å². The van der Waals surface area contributed by atoms with Crippen molar-refractivity contribution in [1.29, 1.82) is 0 Å². The number of alkyl halides is 1. The molecule has 0 aromatic carbocycles. The molecule has 0 heterocycles. The van der Waals surface area contributed by atoms with Gasteiger partial charge in [0.15, 0.2) is 5.78 Å². The van der Waals surface area contributed by atoms with Gasteiger partial charge >= 0.3 is 0 Å². The Hall–Kier alpha value is -0.630. The van der Waals surface area contributed by atoms with Crippen LogP contribution < -0.4 is 0 Å². The fourth-order valence-corrected chi connectivity index (χ4v) is 0.649. The lowest BCUT2D eigenvalue weighted by Gasteiger charge is -1.91.